The number of hydrogen-bond acceptors (Lipinski definition) is 4. The van der Waals surface area contributed by atoms with Crippen molar-refractivity contribution in [3.05, 3.63) is 34.9 Å². The van der Waals surface area contributed by atoms with Crippen molar-refractivity contribution in [1.29, 1.82) is 0 Å². The Morgan fingerprint density at radius 3 is 2.76 bits per heavy atom. The predicted octanol–water partition coefficient (Wildman–Crippen LogP) is 2.16. The third-order valence-corrected chi connectivity index (χ3v) is 4.66. The fourth-order valence-electron chi connectivity index (χ4n) is 1.83. The van der Waals surface area contributed by atoms with Crippen LogP contribution < -0.4 is 10.5 Å². The number of nitrogen functional groups attached to an aromatic ring is 1. The summed E-state index contributed by atoms with van der Waals surface area (Å²) in [6.07, 6.45) is 2.09. The molecule has 2 aromatic rings. The van der Waals surface area contributed by atoms with Crippen LogP contribution in [0.2, 0.25) is 5.02 Å². The van der Waals surface area contributed by atoms with Crippen molar-refractivity contribution < 1.29 is 12.8 Å². The van der Waals surface area contributed by atoms with Gasteiger partial charge < -0.3 is 5.73 Å². The maximum absolute atomic E-state index is 13.3. The summed E-state index contributed by atoms with van der Waals surface area (Å²) < 4.78 is 41.9. The first-order valence-electron chi connectivity index (χ1n) is 6.04. The first-order valence-corrected chi connectivity index (χ1v) is 7.90. The van der Waals surface area contributed by atoms with Gasteiger partial charge >= 0.3 is 0 Å². The molecule has 1 aromatic heterocycles. The minimum Gasteiger partial charge on any atom is -0.396 e. The first-order chi connectivity index (χ1) is 9.74. The number of nitrogens with two attached hydrogens (primary N) is 1. The number of nitrogens with zero attached hydrogens (tertiary/aromatic N) is 2. The minimum atomic E-state index is -3.98. The molecule has 6 nitrogen and oxygen atoms in total. The second-order valence-corrected chi connectivity index (χ2v) is 6.48. The summed E-state index contributed by atoms with van der Waals surface area (Å²) in [7, 11) is -2.30. The standard InChI is InChI=1S/C12H14ClFN4O2S/c1-3-10-11(6-18(2)16-10)17-21(19,20)12-5-9(15)8(14)4-7(12)13/h4-6,17H,3,15H2,1-2H3. The van der Waals surface area contributed by atoms with Gasteiger partial charge in [0.15, 0.2) is 0 Å². The second kappa shape index (κ2) is 5.53. The molecular weight excluding hydrogens is 319 g/mol. The summed E-state index contributed by atoms with van der Waals surface area (Å²) >= 11 is 5.80. The van der Waals surface area contributed by atoms with Crippen LogP contribution in [-0.2, 0) is 23.5 Å². The molecule has 0 atom stereocenters. The van der Waals surface area contributed by atoms with Crippen molar-refractivity contribution >= 4 is 33.0 Å². The molecule has 0 bridgehead atoms. The zero-order valence-corrected chi connectivity index (χ0v) is 13.0. The normalized spacial score (nSPS) is 11.6. The average Bonchev–Trinajstić information content (AvgIpc) is 2.72. The van der Waals surface area contributed by atoms with Gasteiger partial charge in [-0.2, -0.15) is 5.10 Å². The molecule has 9 heteroatoms. The van der Waals surface area contributed by atoms with E-state index in [1.807, 2.05) is 6.92 Å². The summed E-state index contributed by atoms with van der Waals surface area (Å²) in [5, 5.41) is 3.89. The highest BCUT2D eigenvalue weighted by Crippen LogP contribution is 2.28. The van der Waals surface area contributed by atoms with Crippen molar-refractivity contribution in [2.45, 2.75) is 18.2 Å². The molecule has 0 spiro atoms. The smallest absolute Gasteiger partial charge is 0.263 e. The summed E-state index contributed by atoms with van der Waals surface area (Å²) in [6, 6.07) is 1.86. The third kappa shape index (κ3) is 3.11. The Bertz CT molecular complexity index is 789. The second-order valence-electron chi connectivity index (χ2n) is 4.43. The summed E-state index contributed by atoms with van der Waals surface area (Å²) in [5.41, 5.74) is 6.04. The van der Waals surface area contributed by atoms with E-state index < -0.39 is 15.8 Å². The van der Waals surface area contributed by atoms with E-state index in [0.29, 0.717) is 17.8 Å². The van der Waals surface area contributed by atoms with E-state index in [2.05, 4.69) is 9.82 Å². The summed E-state index contributed by atoms with van der Waals surface area (Å²) in [4.78, 5) is -0.283. The van der Waals surface area contributed by atoms with Gasteiger partial charge in [0.2, 0.25) is 0 Å². The van der Waals surface area contributed by atoms with Crippen LogP contribution in [0.25, 0.3) is 0 Å². The number of aromatic nitrogens is 2. The molecule has 0 amide bonds. The van der Waals surface area contributed by atoms with E-state index in [1.165, 1.54) is 10.9 Å². The first kappa shape index (κ1) is 15.6. The van der Waals surface area contributed by atoms with E-state index in [-0.39, 0.29) is 15.6 Å². The molecule has 114 valence electrons. The average molecular weight is 333 g/mol. The molecule has 0 saturated carbocycles. The summed E-state index contributed by atoms with van der Waals surface area (Å²) in [6.45, 7) is 1.85. The van der Waals surface area contributed by atoms with Gasteiger partial charge in [-0.05, 0) is 18.6 Å². The van der Waals surface area contributed by atoms with Gasteiger partial charge in [0.25, 0.3) is 10.0 Å². The van der Waals surface area contributed by atoms with Crippen LogP contribution in [0, 0.1) is 5.82 Å². The van der Waals surface area contributed by atoms with Crippen LogP contribution in [-0.4, -0.2) is 18.2 Å². The van der Waals surface area contributed by atoms with Gasteiger partial charge in [-0.3, -0.25) is 9.40 Å². The largest absolute Gasteiger partial charge is 0.396 e. The van der Waals surface area contributed by atoms with Crippen LogP contribution in [0.5, 0.6) is 0 Å². The number of benzene rings is 1. The molecule has 1 heterocycles. The Morgan fingerprint density at radius 2 is 2.14 bits per heavy atom. The minimum absolute atomic E-state index is 0.240. The van der Waals surface area contributed by atoms with Crippen molar-refractivity contribution in [1.82, 2.24) is 9.78 Å². The lowest BCUT2D eigenvalue weighted by atomic mass is 10.3. The third-order valence-electron chi connectivity index (χ3n) is 2.83. The fraction of sp³-hybridized carbons (Fsp3) is 0.250. The van der Waals surface area contributed by atoms with E-state index in [0.717, 1.165) is 12.1 Å². The lowest BCUT2D eigenvalue weighted by Crippen LogP contribution is -2.15. The van der Waals surface area contributed by atoms with Crippen molar-refractivity contribution in [3.8, 4) is 0 Å². The maximum Gasteiger partial charge on any atom is 0.263 e. The molecule has 0 aliphatic rings. The topological polar surface area (TPSA) is 90.0 Å². The van der Waals surface area contributed by atoms with Gasteiger partial charge in [-0.1, -0.05) is 18.5 Å². The number of aryl methyl sites for hydroxylation is 2. The lowest BCUT2D eigenvalue weighted by molar-refractivity contribution is 0.600. The molecule has 0 radical (unpaired) electrons. The quantitative estimate of drug-likeness (QED) is 0.839. The fourth-order valence-corrected chi connectivity index (χ4v) is 3.45. The molecule has 0 saturated heterocycles. The number of anilines is 2. The number of halogens is 2. The van der Waals surface area contributed by atoms with E-state index in [9.17, 15) is 12.8 Å². The van der Waals surface area contributed by atoms with Gasteiger partial charge in [0, 0.05) is 13.2 Å². The van der Waals surface area contributed by atoms with Crippen LogP contribution in [0.4, 0.5) is 15.8 Å². The Balaban J connectivity index is 2.45. The molecule has 0 fully saturated rings. The van der Waals surface area contributed by atoms with Crippen molar-refractivity contribution in [2.24, 2.45) is 7.05 Å². The molecule has 0 unspecified atom stereocenters. The van der Waals surface area contributed by atoms with E-state index in [1.54, 1.807) is 7.05 Å². The van der Waals surface area contributed by atoms with Gasteiger partial charge in [0.05, 0.1) is 22.1 Å². The number of hydrogen-bond donors (Lipinski definition) is 2. The predicted molar refractivity (Wildman–Crippen MR) is 79.2 cm³/mol. The Labute approximate surface area is 126 Å². The maximum atomic E-state index is 13.3. The van der Waals surface area contributed by atoms with Gasteiger partial charge in [-0.25, -0.2) is 12.8 Å². The van der Waals surface area contributed by atoms with Crippen molar-refractivity contribution in [3.63, 3.8) is 0 Å². The number of nitrogens with one attached hydrogen (secondary N) is 1. The number of rotatable bonds is 4. The molecule has 2 rings (SSSR count). The van der Waals surface area contributed by atoms with Crippen LogP contribution in [0.15, 0.2) is 23.2 Å². The molecule has 0 aliphatic carbocycles. The zero-order valence-electron chi connectivity index (χ0n) is 11.4. The molecule has 0 aliphatic heterocycles. The van der Waals surface area contributed by atoms with Crippen LogP contribution in [0.1, 0.15) is 12.6 Å². The molecular formula is C12H14ClFN4O2S. The summed E-state index contributed by atoms with van der Waals surface area (Å²) in [5.74, 6) is -0.769. The van der Waals surface area contributed by atoms with Gasteiger partial charge in [0.1, 0.15) is 10.7 Å². The Hall–Kier alpha value is -1.80. The monoisotopic (exact) mass is 332 g/mol. The Morgan fingerprint density at radius 1 is 1.48 bits per heavy atom. The van der Waals surface area contributed by atoms with Crippen molar-refractivity contribution in [2.75, 3.05) is 10.5 Å². The zero-order chi connectivity index (χ0) is 15.8. The molecule has 21 heavy (non-hydrogen) atoms. The van der Waals surface area contributed by atoms with Crippen LogP contribution >= 0.6 is 11.6 Å². The Kier molecular flexibility index (Phi) is 4.11. The highest BCUT2D eigenvalue weighted by molar-refractivity contribution is 7.92. The SMILES string of the molecule is CCc1nn(C)cc1NS(=O)(=O)c1cc(N)c(F)cc1Cl. The van der Waals surface area contributed by atoms with Gasteiger partial charge in [-0.15, -0.1) is 0 Å². The van der Waals surface area contributed by atoms with Crippen LogP contribution in [0.3, 0.4) is 0 Å². The van der Waals surface area contributed by atoms with E-state index in [4.69, 9.17) is 17.3 Å². The highest BCUT2D eigenvalue weighted by Gasteiger charge is 2.22. The highest BCUT2D eigenvalue weighted by atomic mass is 35.5. The number of sulfonamides is 1. The van der Waals surface area contributed by atoms with E-state index >= 15 is 0 Å². The molecule has 1 aromatic carbocycles. The molecule has 3 N–H and O–H groups in total. The lowest BCUT2D eigenvalue weighted by Gasteiger charge is -2.10.